The van der Waals surface area contributed by atoms with Gasteiger partial charge in [-0.15, -0.1) is 11.3 Å². The molecule has 3 atom stereocenters. The van der Waals surface area contributed by atoms with Crippen LogP contribution in [0.25, 0.3) is 0 Å². The molecule has 0 radical (unpaired) electrons. The molecule has 0 aliphatic carbocycles. The predicted octanol–water partition coefficient (Wildman–Crippen LogP) is 1.85. The number of carbonyl (C=O) groups is 1. The first-order valence-corrected chi connectivity index (χ1v) is 7.29. The number of hydrogen-bond acceptors (Lipinski definition) is 4. The second-order valence-corrected chi connectivity index (χ2v) is 6.16. The number of primary amides is 1. The van der Waals surface area contributed by atoms with E-state index in [2.05, 4.69) is 11.9 Å². The van der Waals surface area contributed by atoms with E-state index in [1.165, 1.54) is 24.2 Å². The molecule has 0 saturated carbocycles. The van der Waals surface area contributed by atoms with Crippen LogP contribution in [0.1, 0.15) is 35.4 Å². The second-order valence-electron chi connectivity index (χ2n) is 5.24. The Balaban J connectivity index is 1.71. The van der Waals surface area contributed by atoms with Gasteiger partial charge in [-0.05, 0) is 44.2 Å². The number of carbonyl (C=O) groups excluding carboxylic acids is 1. The molecule has 2 N–H and O–H groups in total. The van der Waals surface area contributed by atoms with Crippen molar-refractivity contribution in [1.29, 1.82) is 0 Å². The van der Waals surface area contributed by atoms with Gasteiger partial charge in [-0.3, -0.25) is 4.79 Å². The van der Waals surface area contributed by atoms with E-state index in [0.717, 1.165) is 12.8 Å². The number of piperidine rings is 1. The Labute approximate surface area is 111 Å². The summed E-state index contributed by atoms with van der Waals surface area (Å²) >= 11 is 1.35. The van der Waals surface area contributed by atoms with Crippen molar-refractivity contribution in [2.45, 2.75) is 43.9 Å². The lowest BCUT2D eigenvalue weighted by Gasteiger charge is -2.36. The van der Waals surface area contributed by atoms with Gasteiger partial charge < -0.3 is 15.4 Å². The summed E-state index contributed by atoms with van der Waals surface area (Å²) in [7, 11) is 2.21. The fourth-order valence-corrected chi connectivity index (χ4v) is 3.88. The van der Waals surface area contributed by atoms with Crippen LogP contribution < -0.4 is 10.5 Å². The number of nitrogens with zero attached hydrogens (tertiary/aromatic N) is 1. The van der Waals surface area contributed by atoms with Crippen molar-refractivity contribution < 1.29 is 9.53 Å². The van der Waals surface area contributed by atoms with Gasteiger partial charge in [-0.1, -0.05) is 0 Å². The smallest absolute Gasteiger partial charge is 0.262 e. The molecule has 2 bridgehead atoms. The van der Waals surface area contributed by atoms with Crippen molar-refractivity contribution in [1.82, 2.24) is 4.90 Å². The van der Waals surface area contributed by atoms with Crippen molar-refractivity contribution in [2.75, 3.05) is 7.05 Å². The Morgan fingerprint density at radius 2 is 2.11 bits per heavy atom. The lowest BCUT2D eigenvalue weighted by molar-refractivity contribution is 0.0655. The zero-order chi connectivity index (χ0) is 12.7. The van der Waals surface area contributed by atoms with Crippen LogP contribution in [0.15, 0.2) is 11.4 Å². The summed E-state index contributed by atoms with van der Waals surface area (Å²) in [4.78, 5) is 14.3. The molecule has 2 aliphatic rings. The van der Waals surface area contributed by atoms with Crippen LogP contribution in [0, 0.1) is 0 Å². The highest BCUT2D eigenvalue weighted by atomic mass is 32.1. The summed E-state index contributed by atoms with van der Waals surface area (Å²) < 4.78 is 6.00. The summed E-state index contributed by atoms with van der Waals surface area (Å²) in [6, 6.07) is 3.14. The summed E-state index contributed by atoms with van der Waals surface area (Å²) in [5, 5.41) is 1.86. The third kappa shape index (κ3) is 2.01. The van der Waals surface area contributed by atoms with Gasteiger partial charge in [0, 0.05) is 12.1 Å². The average molecular weight is 266 g/mol. The molecular weight excluding hydrogens is 248 g/mol. The van der Waals surface area contributed by atoms with Crippen LogP contribution >= 0.6 is 11.3 Å². The van der Waals surface area contributed by atoms with Crippen LogP contribution in [0.4, 0.5) is 0 Å². The molecule has 2 fully saturated rings. The van der Waals surface area contributed by atoms with E-state index in [1.54, 1.807) is 0 Å². The molecular formula is C13H18N2O2S. The second kappa shape index (κ2) is 4.55. The Morgan fingerprint density at radius 1 is 1.44 bits per heavy atom. The lowest BCUT2D eigenvalue weighted by atomic mass is 10.0. The molecule has 3 rings (SSSR count). The highest BCUT2D eigenvalue weighted by Crippen LogP contribution is 2.37. The summed E-state index contributed by atoms with van der Waals surface area (Å²) in [6.07, 6.45) is 4.88. The van der Waals surface area contributed by atoms with E-state index in [4.69, 9.17) is 10.5 Å². The van der Waals surface area contributed by atoms with Crippen molar-refractivity contribution in [2.24, 2.45) is 5.73 Å². The fourth-order valence-electron chi connectivity index (χ4n) is 3.21. The molecule has 18 heavy (non-hydrogen) atoms. The quantitative estimate of drug-likeness (QED) is 0.908. The topological polar surface area (TPSA) is 55.6 Å². The maximum atomic E-state index is 11.3. The highest BCUT2D eigenvalue weighted by molar-refractivity contribution is 7.12. The predicted molar refractivity (Wildman–Crippen MR) is 71.1 cm³/mol. The molecule has 2 saturated heterocycles. The van der Waals surface area contributed by atoms with Crippen LogP contribution in [0.5, 0.6) is 5.75 Å². The molecule has 1 aromatic rings. The number of fused-ring (bicyclic) bond motifs is 2. The summed E-state index contributed by atoms with van der Waals surface area (Å²) in [5.41, 5.74) is 5.34. The van der Waals surface area contributed by atoms with Gasteiger partial charge in [0.05, 0.1) is 0 Å². The third-order valence-corrected chi connectivity index (χ3v) is 5.11. The SMILES string of the molecule is CN1[C@@H]2CC[C@H]1CC(Oc1ccsc1C(N)=O)C2. The largest absolute Gasteiger partial charge is 0.489 e. The number of hydrogen-bond donors (Lipinski definition) is 1. The number of rotatable bonds is 3. The van der Waals surface area contributed by atoms with Gasteiger partial charge in [0.25, 0.3) is 5.91 Å². The van der Waals surface area contributed by atoms with Gasteiger partial charge in [0.15, 0.2) is 0 Å². The molecule has 1 aromatic heterocycles. The molecule has 3 heterocycles. The molecule has 1 amide bonds. The van der Waals surface area contributed by atoms with E-state index in [-0.39, 0.29) is 6.10 Å². The number of amides is 1. The number of nitrogens with two attached hydrogens (primary N) is 1. The monoisotopic (exact) mass is 266 g/mol. The normalized spacial score (nSPS) is 31.5. The maximum Gasteiger partial charge on any atom is 0.262 e. The van der Waals surface area contributed by atoms with Crippen LogP contribution in [0.3, 0.4) is 0 Å². The van der Waals surface area contributed by atoms with Crippen LogP contribution in [0.2, 0.25) is 0 Å². The number of ether oxygens (including phenoxy) is 1. The van der Waals surface area contributed by atoms with Gasteiger partial charge in [-0.25, -0.2) is 0 Å². The van der Waals surface area contributed by atoms with Crippen LogP contribution in [-0.4, -0.2) is 36.0 Å². The maximum absolute atomic E-state index is 11.3. The molecule has 2 aliphatic heterocycles. The van der Waals surface area contributed by atoms with Crippen LogP contribution in [-0.2, 0) is 0 Å². The summed E-state index contributed by atoms with van der Waals surface area (Å²) in [5.74, 6) is 0.275. The molecule has 98 valence electrons. The molecule has 4 nitrogen and oxygen atoms in total. The zero-order valence-corrected chi connectivity index (χ0v) is 11.3. The molecule has 0 spiro atoms. The van der Waals surface area contributed by atoms with Gasteiger partial charge in [0.1, 0.15) is 16.7 Å². The first kappa shape index (κ1) is 12.0. The minimum Gasteiger partial charge on any atom is -0.489 e. The van der Waals surface area contributed by atoms with Gasteiger partial charge >= 0.3 is 0 Å². The lowest BCUT2D eigenvalue weighted by Crippen LogP contribution is -2.43. The molecule has 0 aromatic carbocycles. The first-order valence-electron chi connectivity index (χ1n) is 6.41. The Bertz CT molecular complexity index is 446. The van der Waals surface area contributed by atoms with E-state index in [0.29, 0.717) is 22.7 Å². The average Bonchev–Trinajstić information content (AvgIpc) is 2.83. The minimum atomic E-state index is -0.393. The molecule has 5 heteroatoms. The van der Waals surface area contributed by atoms with Gasteiger partial charge in [0.2, 0.25) is 0 Å². The Hall–Kier alpha value is -1.07. The minimum absolute atomic E-state index is 0.228. The Kier molecular flexibility index (Phi) is 3.03. The first-order chi connectivity index (χ1) is 8.65. The summed E-state index contributed by atoms with van der Waals surface area (Å²) in [6.45, 7) is 0. The van der Waals surface area contributed by atoms with E-state index in [9.17, 15) is 4.79 Å². The zero-order valence-electron chi connectivity index (χ0n) is 10.5. The van der Waals surface area contributed by atoms with E-state index >= 15 is 0 Å². The van der Waals surface area contributed by atoms with Crippen molar-refractivity contribution in [3.63, 3.8) is 0 Å². The van der Waals surface area contributed by atoms with E-state index in [1.807, 2.05) is 11.4 Å². The standard InChI is InChI=1S/C13H18N2O2S/c1-15-8-2-3-9(15)7-10(6-8)17-11-4-5-18-12(11)13(14)16/h4-5,8-10H,2-3,6-7H2,1H3,(H2,14,16)/t8-,9+,10?. The fraction of sp³-hybridized carbons (Fsp3) is 0.615. The van der Waals surface area contributed by atoms with Crippen molar-refractivity contribution in [3.8, 4) is 5.75 Å². The number of thiophene rings is 1. The van der Waals surface area contributed by atoms with Gasteiger partial charge in [-0.2, -0.15) is 0 Å². The highest BCUT2D eigenvalue weighted by Gasteiger charge is 2.39. The van der Waals surface area contributed by atoms with E-state index < -0.39 is 5.91 Å². The third-order valence-electron chi connectivity index (χ3n) is 4.20. The Morgan fingerprint density at radius 3 is 2.72 bits per heavy atom. The van der Waals surface area contributed by atoms with Crippen molar-refractivity contribution >= 4 is 17.2 Å². The molecule has 1 unspecified atom stereocenters. The van der Waals surface area contributed by atoms with Crippen molar-refractivity contribution in [3.05, 3.63) is 16.3 Å².